The van der Waals surface area contributed by atoms with Crippen molar-refractivity contribution in [1.82, 2.24) is 0 Å². The zero-order valence-electron chi connectivity index (χ0n) is 10.1. The largest absolute Gasteiger partial charge is 0.0998 e. The van der Waals surface area contributed by atoms with Crippen LogP contribution in [0.2, 0.25) is 0 Å². The number of hydrogen-bond acceptors (Lipinski definition) is 0. The Labute approximate surface area is 83.7 Å². The van der Waals surface area contributed by atoms with Crippen molar-refractivity contribution in [2.75, 3.05) is 0 Å². The summed E-state index contributed by atoms with van der Waals surface area (Å²) in [7, 11) is 0. The Kier molecular flexibility index (Phi) is 5.05. The summed E-state index contributed by atoms with van der Waals surface area (Å²) in [6.07, 6.45) is 1.17. The number of allylic oxidation sites excluding steroid dienone is 3. The van der Waals surface area contributed by atoms with Gasteiger partial charge in [0.15, 0.2) is 0 Å². The summed E-state index contributed by atoms with van der Waals surface area (Å²) < 4.78 is 0. The van der Waals surface area contributed by atoms with Gasteiger partial charge < -0.3 is 0 Å². The summed E-state index contributed by atoms with van der Waals surface area (Å²) in [5.41, 5.74) is 4.36. The highest BCUT2D eigenvalue weighted by atomic mass is 14.2. The first kappa shape index (κ1) is 12.5. The molecule has 0 aliphatic carbocycles. The molecule has 0 amide bonds. The molecular weight excluding hydrogens is 156 g/mol. The predicted octanol–water partition coefficient (Wildman–Crippen LogP) is 4.58. The molecule has 0 radical (unpaired) electrons. The topological polar surface area (TPSA) is 0 Å². The number of hydrogen-bond donors (Lipinski definition) is 0. The van der Waals surface area contributed by atoms with Crippen molar-refractivity contribution in [1.29, 1.82) is 0 Å². The minimum Gasteiger partial charge on any atom is -0.0998 e. The van der Waals surface area contributed by atoms with Crippen LogP contribution in [0.3, 0.4) is 0 Å². The Morgan fingerprint density at radius 3 is 1.85 bits per heavy atom. The molecule has 0 nitrogen and oxygen atoms in total. The molecule has 0 bridgehead atoms. The van der Waals surface area contributed by atoms with Crippen LogP contribution in [0, 0.1) is 11.8 Å². The molecule has 0 heterocycles. The Bertz CT molecular complexity index is 208. The molecule has 0 saturated carbocycles. The average molecular weight is 180 g/mol. The first-order valence-corrected chi connectivity index (χ1v) is 5.23. The summed E-state index contributed by atoms with van der Waals surface area (Å²) >= 11 is 0. The van der Waals surface area contributed by atoms with Crippen LogP contribution in [-0.4, -0.2) is 0 Å². The molecule has 13 heavy (non-hydrogen) atoms. The van der Waals surface area contributed by atoms with Gasteiger partial charge in [-0.1, -0.05) is 44.1 Å². The van der Waals surface area contributed by atoms with E-state index in [1.165, 1.54) is 23.1 Å². The summed E-state index contributed by atoms with van der Waals surface area (Å²) in [6, 6.07) is 0. The molecule has 0 aromatic rings. The number of rotatable bonds is 4. The monoisotopic (exact) mass is 180 g/mol. The second kappa shape index (κ2) is 5.26. The van der Waals surface area contributed by atoms with Gasteiger partial charge >= 0.3 is 0 Å². The lowest BCUT2D eigenvalue weighted by molar-refractivity contribution is 0.500. The summed E-state index contributed by atoms with van der Waals surface area (Å²) in [5, 5.41) is 0. The van der Waals surface area contributed by atoms with E-state index in [1.54, 1.807) is 0 Å². The molecule has 0 saturated heterocycles. The van der Waals surface area contributed by atoms with Gasteiger partial charge in [0.25, 0.3) is 0 Å². The van der Waals surface area contributed by atoms with Gasteiger partial charge in [-0.15, -0.1) is 0 Å². The minimum absolute atomic E-state index is 0.599. The van der Waals surface area contributed by atoms with Gasteiger partial charge in [-0.3, -0.25) is 0 Å². The van der Waals surface area contributed by atoms with Gasteiger partial charge in [0.2, 0.25) is 0 Å². The van der Waals surface area contributed by atoms with E-state index in [4.69, 9.17) is 0 Å². The van der Waals surface area contributed by atoms with Crippen LogP contribution in [0.25, 0.3) is 0 Å². The third-order valence-corrected chi connectivity index (χ3v) is 3.41. The first-order valence-electron chi connectivity index (χ1n) is 5.23. The second-order valence-corrected chi connectivity index (χ2v) is 4.24. The van der Waals surface area contributed by atoms with Crippen molar-refractivity contribution in [3.63, 3.8) is 0 Å². The van der Waals surface area contributed by atoms with Crippen LogP contribution >= 0.6 is 0 Å². The van der Waals surface area contributed by atoms with Crippen LogP contribution in [0.1, 0.15) is 48.0 Å². The second-order valence-electron chi connectivity index (χ2n) is 4.24. The maximum absolute atomic E-state index is 4.02. The molecule has 2 atom stereocenters. The summed E-state index contributed by atoms with van der Waals surface area (Å²) in [6.45, 7) is 17.4. The SMILES string of the molecule is C=C(C)C(C)C(C)C(C)=C(C)CC. The lowest BCUT2D eigenvalue weighted by Gasteiger charge is -2.22. The van der Waals surface area contributed by atoms with E-state index in [-0.39, 0.29) is 0 Å². The molecule has 0 N–H and O–H groups in total. The highest BCUT2D eigenvalue weighted by molar-refractivity contribution is 5.15. The highest BCUT2D eigenvalue weighted by Crippen LogP contribution is 2.27. The maximum Gasteiger partial charge on any atom is -0.0169 e. The lowest BCUT2D eigenvalue weighted by Crippen LogP contribution is -2.11. The van der Waals surface area contributed by atoms with E-state index in [1.807, 2.05) is 0 Å². The summed E-state index contributed by atoms with van der Waals surface area (Å²) in [5.74, 6) is 1.24. The van der Waals surface area contributed by atoms with Crippen LogP contribution in [0.5, 0.6) is 0 Å². The van der Waals surface area contributed by atoms with Crippen LogP contribution in [0.4, 0.5) is 0 Å². The fourth-order valence-corrected chi connectivity index (χ4v) is 1.47. The molecular formula is C13H24. The van der Waals surface area contributed by atoms with E-state index < -0.39 is 0 Å². The third-order valence-electron chi connectivity index (χ3n) is 3.41. The molecule has 0 aliphatic heterocycles. The molecule has 0 aliphatic rings. The van der Waals surface area contributed by atoms with E-state index in [0.717, 1.165) is 0 Å². The van der Waals surface area contributed by atoms with E-state index >= 15 is 0 Å². The Hall–Kier alpha value is -0.520. The molecule has 76 valence electrons. The van der Waals surface area contributed by atoms with Crippen molar-refractivity contribution in [3.05, 3.63) is 23.3 Å². The lowest BCUT2D eigenvalue weighted by atomic mass is 9.83. The zero-order chi connectivity index (χ0) is 10.6. The fourth-order valence-electron chi connectivity index (χ4n) is 1.47. The molecule has 0 spiro atoms. The molecule has 0 aromatic heterocycles. The van der Waals surface area contributed by atoms with Crippen molar-refractivity contribution < 1.29 is 0 Å². The highest BCUT2D eigenvalue weighted by Gasteiger charge is 2.15. The van der Waals surface area contributed by atoms with Crippen molar-refractivity contribution >= 4 is 0 Å². The third kappa shape index (κ3) is 3.38. The van der Waals surface area contributed by atoms with Gasteiger partial charge in [-0.2, -0.15) is 0 Å². The van der Waals surface area contributed by atoms with Crippen LogP contribution in [0.15, 0.2) is 23.3 Å². The van der Waals surface area contributed by atoms with Gasteiger partial charge in [-0.25, -0.2) is 0 Å². The molecule has 0 aromatic carbocycles. The molecule has 0 fully saturated rings. The quantitative estimate of drug-likeness (QED) is 0.555. The molecule has 2 unspecified atom stereocenters. The zero-order valence-corrected chi connectivity index (χ0v) is 10.1. The average Bonchev–Trinajstić information content (AvgIpc) is 2.12. The van der Waals surface area contributed by atoms with E-state index in [9.17, 15) is 0 Å². The van der Waals surface area contributed by atoms with E-state index in [2.05, 4.69) is 48.1 Å². The first-order chi connectivity index (χ1) is 5.91. The fraction of sp³-hybridized carbons (Fsp3) is 0.692. The van der Waals surface area contributed by atoms with Crippen molar-refractivity contribution in [2.45, 2.75) is 48.0 Å². The Morgan fingerprint density at radius 1 is 1.08 bits per heavy atom. The molecule has 0 heteroatoms. The smallest absolute Gasteiger partial charge is 0.0169 e. The van der Waals surface area contributed by atoms with Crippen molar-refractivity contribution in [2.24, 2.45) is 11.8 Å². The minimum atomic E-state index is 0.599. The predicted molar refractivity (Wildman–Crippen MR) is 61.8 cm³/mol. The van der Waals surface area contributed by atoms with Gasteiger partial charge in [0, 0.05) is 0 Å². The standard InChI is InChI=1S/C13H24/c1-8-10(4)12(6)13(7)11(5)9(2)3/h11,13H,2,8H2,1,3-7H3. The van der Waals surface area contributed by atoms with Gasteiger partial charge in [0.05, 0.1) is 0 Å². The van der Waals surface area contributed by atoms with Crippen LogP contribution < -0.4 is 0 Å². The molecule has 0 rings (SSSR count). The van der Waals surface area contributed by atoms with Gasteiger partial charge in [-0.05, 0) is 39.0 Å². The Morgan fingerprint density at radius 2 is 1.54 bits per heavy atom. The summed E-state index contributed by atoms with van der Waals surface area (Å²) in [4.78, 5) is 0. The van der Waals surface area contributed by atoms with Crippen molar-refractivity contribution in [3.8, 4) is 0 Å². The van der Waals surface area contributed by atoms with Gasteiger partial charge in [0.1, 0.15) is 0 Å². The maximum atomic E-state index is 4.02. The Balaban J connectivity index is 4.60. The van der Waals surface area contributed by atoms with E-state index in [0.29, 0.717) is 11.8 Å². The van der Waals surface area contributed by atoms with Crippen LogP contribution in [-0.2, 0) is 0 Å². The normalized spacial score (nSPS) is 17.7.